The molecule has 0 amide bonds. The fourth-order valence-corrected chi connectivity index (χ4v) is 2.48. The van der Waals surface area contributed by atoms with Crippen LogP contribution in [0.1, 0.15) is 19.4 Å². The van der Waals surface area contributed by atoms with Crippen LogP contribution in [0.4, 0.5) is 5.69 Å². The number of hydrogen-bond donors (Lipinski definition) is 6. The second-order valence-electron chi connectivity index (χ2n) is 6.14. The van der Waals surface area contributed by atoms with Crippen LogP contribution in [0, 0.1) is 0 Å². The van der Waals surface area contributed by atoms with Crippen LogP contribution >= 0.6 is 0 Å². The van der Waals surface area contributed by atoms with Crippen LogP contribution in [0.25, 0.3) is 0 Å². The number of hydrogen-bond acceptors (Lipinski definition) is 8. The summed E-state index contributed by atoms with van der Waals surface area (Å²) < 4.78 is 10.7. The Morgan fingerprint density at radius 1 is 1.24 bits per heavy atom. The zero-order chi connectivity index (χ0) is 18.7. The van der Waals surface area contributed by atoms with Gasteiger partial charge < -0.3 is 40.3 Å². The van der Waals surface area contributed by atoms with Crippen molar-refractivity contribution in [2.75, 3.05) is 5.32 Å². The van der Waals surface area contributed by atoms with E-state index in [1.807, 2.05) is 13.8 Å². The first-order chi connectivity index (χ1) is 11.7. The molecule has 1 saturated heterocycles. The molecule has 0 aromatic heterocycles. The number of rotatable bonds is 6. The molecule has 0 unspecified atom stereocenters. The summed E-state index contributed by atoms with van der Waals surface area (Å²) in [6.07, 6.45) is -8.39. The number of aliphatic hydroxyl groups is 4. The lowest BCUT2D eigenvalue weighted by atomic mass is 9.99. The zero-order valence-electron chi connectivity index (χ0n) is 13.9. The smallest absolute Gasteiger partial charge is 0.335 e. The van der Waals surface area contributed by atoms with E-state index >= 15 is 0 Å². The third-order valence-electron chi connectivity index (χ3n) is 3.73. The minimum atomic E-state index is -1.78. The van der Waals surface area contributed by atoms with Crippen LogP contribution in [0.15, 0.2) is 18.2 Å². The number of ether oxygens (including phenoxy) is 2. The number of aliphatic carboxylic acids is 1. The largest absolute Gasteiger partial charge is 0.479 e. The summed E-state index contributed by atoms with van der Waals surface area (Å²) in [5, 5.41) is 51.0. The molecule has 9 nitrogen and oxygen atoms in total. The quantitative estimate of drug-likeness (QED) is 0.387. The average molecular weight is 357 g/mol. The van der Waals surface area contributed by atoms with Gasteiger partial charge in [0.1, 0.15) is 24.1 Å². The number of carbonyl (C=O) groups is 1. The van der Waals surface area contributed by atoms with E-state index in [-0.39, 0.29) is 18.4 Å². The molecule has 140 valence electrons. The van der Waals surface area contributed by atoms with Crippen LogP contribution in [-0.4, -0.2) is 68.2 Å². The average Bonchev–Trinajstić information content (AvgIpc) is 2.55. The molecule has 0 saturated carbocycles. The van der Waals surface area contributed by atoms with E-state index in [2.05, 4.69) is 5.32 Å². The maximum atomic E-state index is 11.1. The molecule has 1 aliphatic rings. The highest BCUT2D eigenvalue weighted by molar-refractivity contribution is 5.73. The molecule has 25 heavy (non-hydrogen) atoms. The Hall–Kier alpha value is -1.91. The highest BCUT2D eigenvalue weighted by Crippen LogP contribution is 2.31. The monoisotopic (exact) mass is 357 g/mol. The van der Waals surface area contributed by atoms with Crippen molar-refractivity contribution in [3.63, 3.8) is 0 Å². The highest BCUT2D eigenvalue weighted by atomic mass is 16.7. The van der Waals surface area contributed by atoms with Crippen LogP contribution in [0.3, 0.4) is 0 Å². The predicted molar refractivity (Wildman–Crippen MR) is 86.1 cm³/mol. The zero-order valence-corrected chi connectivity index (χ0v) is 13.9. The molecule has 5 atom stereocenters. The number of benzene rings is 1. The molecule has 0 spiro atoms. The number of aliphatic hydroxyl groups excluding tert-OH is 4. The summed E-state index contributed by atoms with van der Waals surface area (Å²) in [6.45, 7) is 3.60. The van der Waals surface area contributed by atoms with Gasteiger partial charge in [-0.25, -0.2) is 4.79 Å². The van der Waals surface area contributed by atoms with Crippen molar-refractivity contribution in [1.82, 2.24) is 0 Å². The lowest BCUT2D eigenvalue weighted by Crippen LogP contribution is -2.61. The molecule has 1 fully saturated rings. The molecule has 6 N–H and O–H groups in total. The van der Waals surface area contributed by atoms with Crippen molar-refractivity contribution in [1.29, 1.82) is 0 Å². The van der Waals surface area contributed by atoms with Gasteiger partial charge in [0.25, 0.3) is 0 Å². The summed E-state index contributed by atoms with van der Waals surface area (Å²) >= 11 is 0. The fourth-order valence-electron chi connectivity index (χ4n) is 2.48. The lowest BCUT2D eigenvalue weighted by molar-refractivity contribution is -0.271. The van der Waals surface area contributed by atoms with Crippen molar-refractivity contribution in [3.8, 4) is 5.75 Å². The molecular formula is C16H23NO8. The third-order valence-corrected chi connectivity index (χ3v) is 3.73. The van der Waals surface area contributed by atoms with E-state index in [4.69, 9.17) is 14.6 Å². The third kappa shape index (κ3) is 4.39. The van der Waals surface area contributed by atoms with E-state index in [0.29, 0.717) is 11.3 Å². The molecule has 2 rings (SSSR count). The van der Waals surface area contributed by atoms with Gasteiger partial charge in [0.05, 0.1) is 12.3 Å². The van der Waals surface area contributed by atoms with Gasteiger partial charge in [-0.1, -0.05) is 6.07 Å². The Balaban J connectivity index is 2.26. The number of carboxylic acid groups (broad SMARTS) is 1. The second-order valence-corrected chi connectivity index (χ2v) is 6.14. The Morgan fingerprint density at radius 2 is 1.92 bits per heavy atom. The minimum Gasteiger partial charge on any atom is -0.479 e. The molecule has 0 radical (unpaired) electrons. The van der Waals surface area contributed by atoms with Crippen molar-refractivity contribution in [2.45, 2.75) is 57.2 Å². The van der Waals surface area contributed by atoms with Crippen molar-refractivity contribution >= 4 is 11.7 Å². The van der Waals surface area contributed by atoms with Gasteiger partial charge in [-0.3, -0.25) is 0 Å². The van der Waals surface area contributed by atoms with Gasteiger partial charge in [0.15, 0.2) is 6.10 Å². The van der Waals surface area contributed by atoms with E-state index in [1.54, 1.807) is 12.1 Å². The van der Waals surface area contributed by atoms with E-state index < -0.39 is 36.7 Å². The molecule has 1 aromatic rings. The standard InChI is InChI=1S/C16H23NO8/c1-7(2)17-9-5-8(6-18)3-4-10(9)24-16-13(21)11(19)12(20)14(25-16)15(22)23/h3-5,7,11-14,16-21H,6H2,1-2H3,(H,22,23)/t11-,12-,13+,14-,16+/m0/s1. The molecule has 0 bridgehead atoms. The summed E-state index contributed by atoms with van der Waals surface area (Å²) in [7, 11) is 0. The van der Waals surface area contributed by atoms with Gasteiger partial charge >= 0.3 is 5.97 Å². The first kappa shape index (κ1) is 19.4. The number of carboxylic acids is 1. The summed E-state index contributed by atoms with van der Waals surface area (Å²) in [4.78, 5) is 11.1. The first-order valence-corrected chi connectivity index (χ1v) is 7.84. The van der Waals surface area contributed by atoms with Crippen molar-refractivity contribution in [3.05, 3.63) is 23.8 Å². The minimum absolute atomic E-state index is 0.0349. The Kier molecular flexibility index (Phi) is 6.20. The maximum Gasteiger partial charge on any atom is 0.335 e. The van der Waals surface area contributed by atoms with Crippen molar-refractivity contribution in [2.24, 2.45) is 0 Å². The first-order valence-electron chi connectivity index (χ1n) is 7.84. The van der Waals surface area contributed by atoms with Gasteiger partial charge in [0.2, 0.25) is 6.29 Å². The summed E-state index contributed by atoms with van der Waals surface area (Å²) in [6, 6.07) is 4.80. The second kappa shape index (κ2) is 7.98. The number of anilines is 1. The summed E-state index contributed by atoms with van der Waals surface area (Å²) in [5.41, 5.74) is 1.13. The molecular weight excluding hydrogens is 334 g/mol. The maximum absolute atomic E-state index is 11.1. The molecule has 9 heteroatoms. The molecule has 0 aliphatic carbocycles. The number of nitrogens with one attached hydrogen (secondary N) is 1. The Bertz CT molecular complexity index is 608. The normalized spacial score (nSPS) is 29.5. The van der Waals surface area contributed by atoms with Crippen LogP contribution in [0.5, 0.6) is 5.75 Å². The Labute approximate surface area is 144 Å². The van der Waals surface area contributed by atoms with Crippen molar-refractivity contribution < 1.29 is 39.8 Å². The van der Waals surface area contributed by atoms with Crippen LogP contribution in [-0.2, 0) is 16.1 Å². The van der Waals surface area contributed by atoms with Crippen LogP contribution < -0.4 is 10.1 Å². The van der Waals surface area contributed by atoms with Crippen LogP contribution in [0.2, 0.25) is 0 Å². The predicted octanol–water partition coefficient (Wildman–Crippen LogP) is -0.730. The van der Waals surface area contributed by atoms with E-state index in [1.165, 1.54) is 6.07 Å². The van der Waals surface area contributed by atoms with Gasteiger partial charge in [-0.05, 0) is 31.5 Å². The molecule has 1 aliphatic heterocycles. The van der Waals surface area contributed by atoms with Gasteiger partial charge in [-0.15, -0.1) is 0 Å². The lowest BCUT2D eigenvalue weighted by Gasteiger charge is -2.38. The van der Waals surface area contributed by atoms with E-state index in [0.717, 1.165) is 0 Å². The van der Waals surface area contributed by atoms with Gasteiger partial charge in [0, 0.05) is 6.04 Å². The summed E-state index contributed by atoms with van der Waals surface area (Å²) in [5.74, 6) is -1.24. The highest BCUT2D eigenvalue weighted by Gasteiger charge is 2.48. The Morgan fingerprint density at radius 3 is 2.48 bits per heavy atom. The molecule has 1 aromatic carbocycles. The SMILES string of the molecule is CC(C)Nc1cc(CO)ccc1O[C@@H]1O[C@H](C(=O)O)[C@@H](O)[C@H](O)[C@H]1O. The molecule has 1 heterocycles. The van der Waals surface area contributed by atoms with E-state index in [9.17, 15) is 25.2 Å². The van der Waals surface area contributed by atoms with Gasteiger partial charge in [-0.2, -0.15) is 0 Å². The topological polar surface area (TPSA) is 149 Å². The fraction of sp³-hybridized carbons (Fsp3) is 0.562.